The molecule has 1 heterocycles. The number of ether oxygens (including phenoxy) is 1. The van der Waals surface area contributed by atoms with E-state index in [0.29, 0.717) is 0 Å². The first-order valence-corrected chi connectivity index (χ1v) is 5.17. The van der Waals surface area contributed by atoms with Crippen molar-refractivity contribution in [2.24, 2.45) is 0 Å². The first kappa shape index (κ1) is 11.9. The summed E-state index contributed by atoms with van der Waals surface area (Å²) in [6.45, 7) is 2.09. The van der Waals surface area contributed by atoms with Crippen molar-refractivity contribution in [2.75, 3.05) is 7.11 Å². The van der Waals surface area contributed by atoms with Gasteiger partial charge in [-0.1, -0.05) is 13.3 Å². The van der Waals surface area contributed by atoms with Crippen LogP contribution in [0.15, 0.2) is 6.07 Å². The Kier molecular flexibility index (Phi) is 4.49. The van der Waals surface area contributed by atoms with Gasteiger partial charge >= 0.3 is 5.97 Å². The van der Waals surface area contributed by atoms with Crippen molar-refractivity contribution in [3.63, 3.8) is 0 Å². The second-order valence-corrected chi connectivity index (χ2v) is 3.45. The fourth-order valence-corrected chi connectivity index (χ4v) is 1.36. The molecule has 1 aromatic heterocycles. The van der Waals surface area contributed by atoms with Crippen LogP contribution in [0.5, 0.6) is 0 Å². The summed E-state index contributed by atoms with van der Waals surface area (Å²) in [7, 11) is 1.31. The SMILES string of the molecule is CCCCc1cc(C(=O)OC)nc(Cl)n1. The van der Waals surface area contributed by atoms with Crippen LogP contribution in [0.2, 0.25) is 5.28 Å². The zero-order chi connectivity index (χ0) is 11.3. The van der Waals surface area contributed by atoms with E-state index < -0.39 is 5.97 Å². The molecule has 15 heavy (non-hydrogen) atoms. The molecule has 0 N–H and O–H groups in total. The Morgan fingerprint density at radius 2 is 2.27 bits per heavy atom. The van der Waals surface area contributed by atoms with Crippen molar-refractivity contribution in [3.8, 4) is 0 Å². The van der Waals surface area contributed by atoms with Crippen molar-refractivity contribution in [1.82, 2.24) is 9.97 Å². The van der Waals surface area contributed by atoms with Gasteiger partial charge in [-0.3, -0.25) is 0 Å². The van der Waals surface area contributed by atoms with Gasteiger partial charge in [-0.25, -0.2) is 14.8 Å². The maximum Gasteiger partial charge on any atom is 0.356 e. The highest BCUT2D eigenvalue weighted by Gasteiger charge is 2.10. The zero-order valence-corrected chi connectivity index (χ0v) is 9.54. The molecule has 0 saturated carbocycles. The molecule has 0 radical (unpaired) electrons. The molecule has 0 aliphatic rings. The van der Waals surface area contributed by atoms with Gasteiger partial charge in [0, 0.05) is 5.69 Å². The van der Waals surface area contributed by atoms with Crippen LogP contribution >= 0.6 is 11.6 Å². The van der Waals surface area contributed by atoms with Gasteiger partial charge in [0.05, 0.1) is 7.11 Å². The summed E-state index contributed by atoms with van der Waals surface area (Å²) < 4.78 is 4.56. The molecule has 4 nitrogen and oxygen atoms in total. The molecule has 0 spiro atoms. The molecular weight excluding hydrogens is 216 g/mol. The topological polar surface area (TPSA) is 52.1 Å². The summed E-state index contributed by atoms with van der Waals surface area (Å²) in [5.41, 5.74) is 0.987. The van der Waals surface area contributed by atoms with Crippen LogP contribution in [-0.2, 0) is 11.2 Å². The van der Waals surface area contributed by atoms with Gasteiger partial charge in [0.25, 0.3) is 0 Å². The van der Waals surface area contributed by atoms with Crippen LogP contribution in [-0.4, -0.2) is 23.0 Å². The van der Waals surface area contributed by atoms with Gasteiger partial charge in [-0.2, -0.15) is 0 Å². The third-order valence-electron chi connectivity index (χ3n) is 1.93. The maximum atomic E-state index is 11.2. The number of carbonyl (C=O) groups is 1. The summed E-state index contributed by atoms with van der Waals surface area (Å²) in [6.07, 6.45) is 2.87. The molecule has 0 aliphatic carbocycles. The minimum Gasteiger partial charge on any atom is -0.464 e. The molecule has 0 amide bonds. The molecule has 1 rings (SSSR count). The number of aryl methyl sites for hydroxylation is 1. The van der Waals surface area contributed by atoms with Crippen molar-refractivity contribution in [3.05, 3.63) is 22.7 Å². The van der Waals surface area contributed by atoms with Gasteiger partial charge in [0.15, 0.2) is 5.69 Å². The van der Waals surface area contributed by atoms with E-state index >= 15 is 0 Å². The quantitative estimate of drug-likeness (QED) is 0.586. The normalized spacial score (nSPS) is 10.1. The molecule has 0 unspecified atom stereocenters. The predicted octanol–water partition coefficient (Wildman–Crippen LogP) is 2.26. The largest absolute Gasteiger partial charge is 0.464 e. The predicted molar refractivity (Wildman–Crippen MR) is 57.0 cm³/mol. The van der Waals surface area contributed by atoms with Crippen LogP contribution in [0.3, 0.4) is 0 Å². The number of aromatic nitrogens is 2. The van der Waals surface area contributed by atoms with Crippen molar-refractivity contribution in [2.45, 2.75) is 26.2 Å². The van der Waals surface area contributed by atoms with Gasteiger partial charge < -0.3 is 4.74 Å². The Morgan fingerprint density at radius 1 is 1.53 bits per heavy atom. The standard InChI is InChI=1S/C10H13ClN2O2/c1-3-4-5-7-6-8(9(14)15-2)13-10(11)12-7/h6H,3-5H2,1-2H3. The lowest BCUT2D eigenvalue weighted by Gasteiger charge is -2.02. The number of methoxy groups -OCH3 is 1. The lowest BCUT2D eigenvalue weighted by Crippen LogP contribution is -2.07. The van der Waals surface area contributed by atoms with Gasteiger partial charge in [-0.15, -0.1) is 0 Å². The summed E-state index contributed by atoms with van der Waals surface area (Å²) in [4.78, 5) is 19.0. The molecule has 82 valence electrons. The first-order chi connectivity index (χ1) is 7.17. The number of carbonyl (C=O) groups excluding carboxylic acids is 1. The minimum absolute atomic E-state index is 0.0870. The molecule has 0 fully saturated rings. The van der Waals surface area contributed by atoms with Crippen LogP contribution in [0.1, 0.15) is 35.9 Å². The van der Waals surface area contributed by atoms with E-state index in [1.807, 2.05) is 0 Å². The van der Waals surface area contributed by atoms with Gasteiger partial charge in [-0.05, 0) is 30.5 Å². The van der Waals surface area contributed by atoms with E-state index in [9.17, 15) is 4.79 Å². The van der Waals surface area contributed by atoms with E-state index in [-0.39, 0.29) is 11.0 Å². The van der Waals surface area contributed by atoms with Crippen molar-refractivity contribution in [1.29, 1.82) is 0 Å². The number of esters is 1. The van der Waals surface area contributed by atoms with Gasteiger partial charge in [0.1, 0.15) is 0 Å². The Labute approximate surface area is 93.6 Å². The molecule has 1 aromatic rings. The van der Waals surface area contributed by atoms with E-state index in [4.69, 9.17) is 11.6 Å². The van der Waals surface area contributed by atoms with E-state index in [0.717, 1.165) is 25.0 Å². The van der Waals surface area contributed by atoms with Crippen LogP contribution in [0.4, 0.5) is 0 Å². The first-order valence-electron chi connectivity index (χ1n) is 4.79. The monoisotopic (exact) mass is 228 g/mol. The van der Waals surface area contributed by atoms with Crippen LogP contribution in [0, 0.1) is 0 Å². The van der Waals surface area contributed by atoms with Crippen LogP contribution < -0.4 is 0 Å². The van der Waals surface area contributed by atoms with Crippen molar-refractivity contribution < 1.29 is 9.53 Å². The summed E-state index contributed by atoms with van der Waals surface area (Å²) >= 11 is 5.70. The highest BCUT2D eigenvalue weighted by atomic mass is 35.5. The second-order valence-electron chi connectivity index (χ2n) is 3.11. The summed E-state index contributed by atoms with van der Waals surface area (Å²) in [5, 5.41) is 0.0870. The smallest absolute Gasteiger partial charge is 0.356 e. The highest BCUT2D eigenvalue weighted by Crippen LogP contribution is 2.09. The van der Waals surface area contributed by atoms with Crippen molar-refractivity contribution >= 4 is 17.6 Å². The van der Waals surface area contributed by atoms with E-state index in [2.05, 4.69) is 21.6 Å². The molecule has 0 atom stereocenters. The number of unbranched alkanes of at least 4 members (excludes halogenated alkanes) is 1. The van der Waals surface area contributed by atoms with E-state index in [1.54, 1.807) is 6.07 Å². The number of nitrogens with zero attached hydrogens (tertiary/aromatic N) is 2. The third kappa shape index (κ3) is 3.47. The Balaban J connectivity index is 2.89. The number of hydrogen-bond acceptors (Lipinski definition) is 4. The Hall–Kier alpha value is -1.16. The maximum absolute atomic E-state index is 11.2. The fourth-order valence-electron chi connectivity index (χ4n) is 1.16. The molecular formula is C10H13ClN2O2. The average molecular weight is 229 g/mol. The molecule has 5 heteroatoms. The molecule has 0 bridgehead atoms. The minimum atomic E-state index is -0.489. The zero-order valence-electron chi connectivity index (χ0n) is 8.79. The number of halogens is 1. The summed E-state index contributed by atoms with van der Waals surface area (Å²) in [5.74, 6) is -0.489. The fraction of sp³-hybridized carbons (Fsp3) is 0.500. The highest BCUT2D eigenvalue weighted by molar-refractivity contribution is 6.28. The third-order valence-corrected chi connectivity index (χ3v) is 2.10. The number of rotatable bonds is 4. The van der Waals surface area contributed by atoms with E-state index in [1.165, 1.54) is 7.11 Å². The average Bonchev–Trinajstić information content (AvgIpc) is 2.24. The van der Waals surface area contributed by atoms with Gasteiger partial charge in [0.2, 0.25) is 5.28 Å². The lowest BCUT2D eigenvalue weighted by atomic mass is 10.2. The second kappa shape index (κ2) is 5.66. The molecule has 0 aromatic carbocycles. The number of hydrogen-bond donors (Lipinski definition) is 0. The Bertz CT molecular complexity index is 355. The molecule has 0 aliphatic heterocycles. The summed E-state index contributed by atoms with van der Waals surface area (Å²) in [6, 6.07) is 1.62. The molecule has 0 saturated heterocycles. The van der Waals surface area contributed by atoms with Crippen LogP contribution in [0.25, 0.3) is 0 Å². The lowest BCUT2D eigenvalue weighted by molar-refractivity contribution is 0.0593. The Morgan fingerprint density at radius 3 is 2.87 bits per heavy atom.